The lowest BCUT2D eigenvalue weighted by Gasteiger charge is -2.37. The van der Waals surface area contributed by atoms with Crippen molar-refractivity contribution >= 4 is 0 Å². The van der Waals surface area contributed by atoms with Crippen LogP contribution in [0.1, 0.15) is 45.1 Å². The van der Waals surface area contributed by atoms with Gasteiger partial charge in [0.25, 0.3) is 0 Å². The normalized spacial score (nSPS) is 23.8. The van der Waals surface area contributed by atoms with Crippen LogP contribution in [0.4, 0.5) is 0 Å². The molecule has 1 heterocycles. The van der Waals surface area contributed by atoms with E-state index in [1.807, 2.05) is 0 Å². The van der Waals surface area contributed by atoms with Crippen molar-refractivity contribution in [3.63, 3.8) is 0 Å². The molecule has 1 aromatic carbocycles. The molecule has 0 saturated carbocycles. The molecule has 0 bridgehead atoms. The van der Waals surface area contributed by atoms with Crippen molar-refractivity contribution in [2.24, 2.45) is 5.92 Å². The SMILES string of the molecule is CCC1CCC(C)N(CCCOc2ccc(C)cc2)C1. The van der Waals surface area contributed by atoms with E-state index in [1.165, 1.54) is 37.9 Å². The van der Waals surface area contributed by atoms with E-state index >= 15 is 0 Å². The largest absolute Gasteiger partial charge is 0.494 e. The van der Waals surface area contributed by atoms with E-state index in [0.29, 0.717) is 0 Å². The zero-order valence-corrected chi connectivity index (χ0v) is 13.3. The quantitative estimate of drug-likeness (QED) is 0.719. The van der Waals surface area contributed by atoms with Gasteiger partial charge in [-0.25, -0.2) is 0 Å². The van der Waals surface area contributed by atoms with Crippen molar-refractivity contribution in [1.82, 2.24) is 4.90 Å². The Kier molecular flexibility index (Phi) is 5.90. The maximum atomic E-state index is 5.81. The summed E-state index contributed by atoms with van der Waals surface area (Å²) in [6.45, 7) is 10.1. The molecule has 0 spiro atoms. The maximum absolute atomic E-state index is 5.81. The predicted octanol–water partition coefficient (Wildman–Crippen LogP) is 4.27. The Labute approximate surface area is 124 Å². The van der Waals surface area contributed by atoms with E-state index < -0.39 is 0 Å². The van der Waals surface area contributed by atoms with Gasteiger partial charge in [-0.1, -0.05) is 31.0 Å². The molecular weight excluding hydrogens is 246 g/mol. The van der Waals surface area contributed by atoms with Gasteiger partial charge in [0.15, 0.2) is 0 Å². The fourth-order valence-electron chi connectivity index (χ4n) is 3.00. The molecule has 2 heteroatoms. The van der Waals surface area contributed by atoms with Crippen LogP contribution in [0.5, 0.6) is 5.75 Å². The Morgan fingerprint density at radius 2 is 1.95 bits per heavy atom. The minimum absolute atomic E-state index is 0.747. The smallest absolute Gasteiger partial charge is 0.119 e. The van der Waals surface area contributed by atoms with Gasteiger partial charge in [-0.05, 0) is 51.2 Å². The summed E-state index contributed by atoms with van der Waals surface area (Å²) in [7, 11) is 0. The summed E-state index contributed by atoms with van der Waals surface area (Å²) in [6, 6.07) is 9.08. The third-order valence-corrected chi connectivity index (χ3v) is 4.57. The van der Waals surface area contributed by atoms with Gasteiger partial charge >= 0.3 is 0 Å². The van der Waals surface area contributed by atoms with Crippen LogP contribution in [-0.4, -0.2) is 30.6 Å². The topological polar surface area (TPSA) is 12.5 Å². The first-order valence-electron chi connectivity index (χ1n) is 8.12. The van der Waals surface area contributed by atoms with E-state index in [1.54, 1.807) is 0 Å². The van der Waals surface area contributed by atoms with Gasteiger partial charge < -0.3 is 9.64 Å². The third-order valence-electron chi connectivity index (χ3n) is 4.57. The number of nitrogens with zero attached hydrogens (tertiary/aromatic N) is 1. The van der Waals surface area contributed by atoms with E-state index in [9.17, 15) is 0 Å². The van der Waals surface area contributed by atoms with Gasteiger partial charge in [0.05, 0.1) is 6.61 Å². The molecule has 2 nitrogen and oxygen atoms in total. The van der Waals surface area contributed by atoms with Crippen LogP contribution in [0.2, 0.25) is 0 Å². The molecule has 2 atom stereocenters. The Balaban J connectivity index is 1.68. The summed E-state index contributed by atoms with van der Waals surface area (Å²) < 4.78 is 5.81. The number of hydrogen-bond donors (Lipinski definition) is 0. The summed E-state index contributed by atoms with van der Waals surface area (Å²) in [6.07, 6.45) is 5.21. The molecule has 2 unspecified atom stereocenters. The monoisotopic (exact) mass is 275 g/mol. The number of piperidine rings is 1. The van der Waals surface area contributed by atoms with Crippen LogP contribution in [0.15, 0.2) is 24.3 Å². The van der Waals surface area contributed by atoms with E-state index in [2.05, 4.69) is 49.9 Å². The molecule has 1 aromatic rings. The number of benzene rings is 1. The van der Waals surface area contributed by atoms with Crippen LogP contribution in [0.25, 0.3) is 0 Å². The number of aryl methyl sites for hydroxylation is 1. The highest BCUT2D eigenvalue weighted by Gasteiger charge is 2.23. The average Bonchev–Trinajstić information content (AvgIpc) is 2.47. The zero-order chi connectivity index (χ0) is 14.4. The number of ether oxygens (including phenoxy) is 1. The lowest BCUT2D eigenvalue weighted by atomic mass is 9.91. The van der Waals surface area contributed by atoms with Gasteiger partial charge in [0, 0.05) is 19.1 Å². The lowest BCUT2D eigenvalue weighted by molar-refractivity contribution is 0.108. The summed E-state index contributed by atoms with van der Waals surface area (Å²) in [5, 5.41) is 0. The van der Waals surface area contributed by atoms with Gasteiger partial charge in [-0.2, -0.15) is 0 Å². The molecule has 0 amide bonds. The lowest BCUT2D eigenvalue weighted by Crippen LogP contribution is -2.42. The first kappa shape index (κ1) is 15.4. The van der Waals surface area contributed by atoms with Crippen molar-refractivity contribution in [2.75, 3.05) is 19.7 Å². The highest BCUT2D eigenvalue weighted by Crippen LogP contribution is 2.24. The fraction of sp³-hybridized carbons (Fsp3) is 0.667. The Bertz CT molecular complexity index is 387. The van der Waals surface area contributed by atoms with E-state index in [0.717, 1.165) is 30.7 Å². The van der Waals surface area contributed by atoms with Crippen LogP contribution in [-0.2, 0) is 0 Å². The molecule has 1 fully saturated rings. The highest BCUT2D eigenvalue weighted by atomic mass is 16.5. The standard InChI is InChI=1S/C18H29NO/c1-4-17-9-8-16(3)19(14-17)12-5-13-20-18-10-6-15(2)7-11-18/h6-7,10-11,16-17H,4-5,8-9,12-14H2,1-3H3. The third kappa shape index (κ3) is 4.52. The van der Waals surface area contributed by atoms with Gasteiger partial charge in [0.2, 0.25) is 0 Å². The minimum Gasteiger partial charge on any atom is -0.494 e. The second-order valence-electron chi connectivity index (χ2n) is 6.21. The molecule has 2 rings (SSSR count). The average molecular weight is 275 g/mol. The molecule has 0 N–H and O–H groups in total. The molecular formula is C18H29NO. The first-order chi connectivity index (χ1) is 9.69. The molecule has 112 valence electrons. The number of hydrogen-bond acceptors (Lipinski definition) is 2. The summed E-state index contributed by atoms with van der Waals surface area (Å²) in [5.74, 6) is 1.90. The molecule has 0 aliphatic carbocycles. The van der Waals surface area contributed by atoms with E-state index in [4.69, 9.17) is 4.74 Å². The molecule has 1 saturated heterocycles. The molecule has 20 heavy (non-hydrogen) atoms. The van der Waals surface area contributed by atoms with Crippen LogP contribution in [0, 0.1) is 12.8 Å². The molecule has 1 aliphatic rings. The van der Waals surface area contributed by atoms with Gasteiger partial charge in [-0.15, -0.1) is 0 Å². The van der Waals surface area contributed by atoms with Crippen LogP contribution >= 0.6 is 0 Å². The van der Waals surface area contributed by atoms with Crippen molar-refractivity contribution in [2.45, 2.75) is 52.5 Å². The zero-order valence-electron chi connectivity index (χ0n) is 13.3. The Morgan fingerprint density at radius 3 is 2.65 bits per heavy atom. The molecule has 0 aromatic heterocycles. The van der Waals surface area contributed by atoms with Crippen LogP contribution in [0.3, 0.4) is 0 Å². The number of rotatable bonds is 6. The summed E-state index contributed by atoms with van der Waals surface area (Å²) in [4.78, 5) is 2.65. The number of likely N-dealkylation sites (tertiary alicyclic amines) is 1. The Morgan fingerprint density at radius 1 is 1.20 bits per heavy atom. The molecule has 0 radical (unpaired) electrons. The fourth-order valence-corrected chi connectivity index (χ4v) is 3.00. The van der Waals surface area contributed by atoms with Crippen molar-refractivity contribution in [3.8, 4) is 5.75 Å². The maximum Gasteiger partial charge on any atom is 0.119 e. The predicted molar refractivity (Wildman–Crippen MR) is 85.3 cm³/mol. The summed E-state index contributed by atoms with van der Waals surface area (Å²) in [5.41, 5.74) is 1.28. The Hall–Kier alpha value is -1.02. The van der Waals surface area contributed by atoms with Crippen molar-refractivity contribution in [3.05, 3.63) is 29.8 Å². The second kappa shape index (κ2) is 7.68. The molecule has 1 aliphatic heterocycles. The van der Waals surface area contributed by atoms with Gasteiger partial charge in [-0.3, -0.25) is 0 Å². The van der Waals surface area contributed by atoms with Crippen molar-refractivity contribution < 1.29 is 4.74 Å². The van der Waals surface area contributed by atoms with Crippen molar-refractivity contribution in [1.29, 1.82) is 0 Å². The van der Waals surface area contributed by atoms with Gasteiger partial charge in [0.1, 0.15) is 5.75 Å². The van der Waals surface area contributed by atoms with E-state index in [-0.39, 0.29) is 0 Å². The second-order valence-corrected chi connectivity index (χ2v) is 6.21. The highest BCUT2D eigenvalue weighted by molar-refractivity contribution is 5.26. The summed E-state index contributed by atoms with van der Waals surface area (Å²) >= 11 is 0. The first-order valence-corrected chi connectivity index (χ1v) is 8.12. The minimum atomic E-state index is 0.747. The van der Waals surface area contributed by atoms with Crippen LogP contribution < -0.4 is 4.74 Å².